The summed E-state index contributed by atoms with van der Waals surface area (Å²) in [5, 5.41) is 10.2. The lowest BCUT2D eigenvalue weighted by molar-refractivity contribution is -0.137. The molecule has 4 aromatic rings. The number of benzene rings is 3. The molecule has 6 nitrogen and oxygen atoms in total. The molecule has 0 fully saturated rings. The van der Waals surface area contributed by atoms with Crippen molar-refractivity contribution in [3.05, 3.63) is 102 Å². The largest absolute Gasteiger partial charge is 0.480 e. The summed E-state index contributed by atoms with van der Waals surface area (Å²) in [5.41, 5.74) is 3.35. The van der Waals surface area contributed by atoms with Crippen LogP contribution >= 0.6 is 0 Å². The zero-order valence-corrected chi connectivity index (χ0v) is 18.1. The smallest absolute Gasteiger partial charge is 0.323 e. The van der Waals surface area contributed by atoms with Crippen molar-refractivity contribution in [1.29, 1.82) is 0 Å². The minimum absolute atomic E-state index is 0.189. The summed E-state index contributed by atoms with van der Waals surface area (Å²) in [6.45, 7) is 0.135. The van der Waals surface area contributed by atoms with Crippen molar-refractivity contribution in [2.24, 2.45) is 0 Å². The molecular formula is C25H22N2O4S. The van der Waals surface area contributed by atoms with Gasteiger partial charge in [-0.2, -0.15) is 4.31 Å². The molecule has 0 saturated heterocycles. The number of carboxylic acids is 1. The molecule has 5 rings (SSSR count). The van der Waals surface area contributed by atoms with Crippen molar-refractivity contribution in [2.75, 3.05) is 6.54 Å². The lowest BCUT2D eigenvalue weighted by atomic mass is 9.98. The fraction of sp³-hybridized carbons (Fsp3) is 0.160. The van der Waals surface area contributed by atoms with E-state index in [9.17, 15) is 18.3 Å². The molecule has 32 heavy (non-hydrogen) atoms. The van der Waals surface area contributed by atoms with E-state index in [1.54, 1.807) is 27.2 Å². The zero-order valence-electron chi connectivity index (χ0n) is 17.3. The Morgan fingerprint density at radius 3 is 2.34 bits per heavy atom. The number of fused-ring (bicyclic) bond motifs is 2. The van der Waals surface area contributed by atoms with Crippen molar-refractivity contribution >= 4 is 26.9 Å². The normalized spacial score (nSPS) is 17.4. The summed E-state index contributed by atoms with van der Waals surface area (Å²) in [5.74, 6) is -0.947. The van der Waals surface area contributed by atoms with Crippen LogP contribution in [0.25, 0.3) is 10.9 Å². The lowest BCUT2D eigenvalue weighted by Gasteiger charge is -2.23. The van der Waals surface area contributed by atoms with E-state index < -0.39 is 22.0 Å². The average molecular weight is 447 g/mol. The number of hydrogen-bond acceptors (Lipinski definition) is 3. The van der Waals surface area contributed by atoms with Crippen molar-refractivity contribution < 1.29 is 18.3 Å². The number of aromatic nitrogens is 1. The Labute approximate surface area is 186 Å². The number of carbonyl (C=O) groups is 1. The summed E-state index contributed by atoms with van der Waals surface area (Å²) in [4.78, 5) is 11.8. The highest BCUT2D eigenvalue weighted by Crippen LogP contribution is 2.45. The molecule has 0 bridgehead atoms. The highest BCUT2D eigenvalue weighted by Gasteiger charge is 2.43. The van der Waals surface area contributed by atoms with Gasteiger partial charge in [-0.1, -0.05) is 66.7 Å². The maximum Gasteiger partial charge on any atom is 0.323 e. The molecule has 7 heteroatoms. The van der Waals surface area contributed by atoms with Crippen molar-refractivity contribution in [3.8, 4) is 0 Å². The molecule has 1 N–H and O–H groups in total. The SMILES string of the molecule is O=C(O)Cn1cc(C2c3ccccc3S(=O)(=O)N2CCc2ccccc2)c2ccccc21. The molecule has 1 aliphatic heterocycles. The van der Waals surface area contributed by atoms with E-state index in [1.807, 2.05) is 66.7 Å². The molecule has 0 radical (unpaired) electrons. The molecule has 3 aromatic carbocycles. The molecule has 1 aromatic heterocycles. The fourth-order valence-corrected chi connectivity index (χ4v) is 6.40. The van der Waals surface area contributed by atoms with Crippen LogP contribution in [0.3, 0.4) is 0 Å². The highest BCUT2D eigenvalue weighted by atomic mass is 32.2. The van der Waals surface area contributed by atoms with Gasteiger partial charge in [0.15, 0.2) is 0 Å². The van der Waals surface area contributed by atoms with E-state index in [1.165, 1.54) is 0 Å². The maximum absolute atomic E-state index is 13.5. The second-order valence-corrected chi connectivity index (χ2v) is 9.77. The Kier molecular flexibility index (Phi) is 5.07. The standard InChI is InChI=1S/C25H22N2O4S/c28-24(29)17-26-16-21(19-10-4-6-12-22(19)26)25-20-11-5-7-13-23(20)32(30,31)27(25)15-14-18-8-2-1-3-9-18/h1-13,16,25H,14-15,17H2,(H,28,29). The first-order valence-electron chi connectivity index (χ1n) is 10.4. The third kappa shape index (κ3) is 3.39. The van der Waals surface area contributed by atoms with Gasteiger partial charge in [0, 0.05) is 29.2 Å². The van der Waals surface area contributed by atoms with E-state index in [0.29, 0.717) is 17.9 Å². The van der Waals surface area contributed by atoms with Gasteiger partial charge in [0.25, 0.3) is 0 Å². The lowest BCUT2D eigenvalue weighted by Crippen LogP contribution is -2.31. The van der Waals surface area contributed by atoms with Crippen molar-refractivity contribution in [1.82, 2.24) is 8.87 Å². The van der Waals surface area contributed by atoms with Crippen LogP contribution in [-0.4, -0.2) is 34.9 Å². The van der Waals surface area contributed by atoms with E-state index in [2.05, 4.69) is 0 Å². The number of para-hydroxylation sites is 1. The van der Waals surface area contributed by atoms with Gasteiger partial charge in [-0.05, 0) is 29.7 Å². The van der Waals surface area contributed by atoms with Gasteiger partial charge in [0.2, 0.25) is 10.0 Å². The number of aliphatic carboxylic acids is 1. The monoisotopic (exact) mass is 446 g/mol. The predicted octanol–water partition coefficient (Wildman–Crippen LogP) is 4.06. The van der Waals surface area contributed by atoms with E-state index >= 15 is 0 Å². The third-order valence-corrected chi connectivity index (χ3v) is 7.91. The summed E-state index contributed by atoms with van der Waals surface area (Å²) < 4.78 is 30.3. The molecule has 1 aliphatic rings. The van der Waals surface area contributed by atoms with Crippen LogP contribution < -0.4 is 0 Å². The van der Waals surface area contributed by atoms with E-state index in [0.717, 1.165) is 27.6 Å². The number of carboxylic acid groups (broad SMARTS) is 1. The number of nitrogens with zero attached hydrogens (tertiary/aromatic N) is 2. The Morgan fingerprint density at radius 2 is 1.56 bits per heavy atom. The first-order valence-corrected chi connectivity index (χ1v) is 11.8. The maximum atomic E-state index is 13.5. The van der Waals surface area contributed by atoms with Crippen LogP contribution in [0.5, 0.6) is 0 Å². The molecule has 0 aliphatic carbocycles. The number of rotatable bonds is 6. The first-order chi connectivity index (χ1) is 15.5. The molecule has 2 heterocycles. The summed E-state index contributed by atoms with van der Waals surface area (Å²) in [6.07, 6.45) is 2.37. The molecule has 0 spiro atoms. The Hall–Kier alpha value is -3.42. The van der Waals surface area contributed by atoms with Crippen LogP contribution in [0, 0.1) is 0 Å². The second-order valence-electron chi connectivity index (χ2n) is 7.91. The molecule has 0 amide bonds. The topological polar surface area (TPSA) is 79.6 Å². The van der Waals surface area contributed by atoms with Crippen molar-refractivity contribution in [3.63, 3.8) is 0 Å². The molecule has 1 atom stereocenters. The minimum Gasteiger partial charge on any atom is -0.480 e. The first kappa shape index (κ1) is 20.5. The fourth-order valence-electron chi connectivity index (χ4n) is 4.59. The predicted molar refractivity (Wildman–Crippen MR) is 122 cm³/mol. The minimum atomic E-state index is -3.69. The van der Waals surface area contributed by atoms with Gasteiger partial charge in [-0.3, -0.25) is 4.79 Å². The van der Waals surface area contributed by atoms with Crippen LogP contribution in [0.1, 0.15) is 22.7 Å². The van der Waals surface area contributed by atoms with E-state index in [4.69, 9.17) is 0 Å². The Balaban J connectivity index is 1.66. The van der Waals surface area contributed by atoms with Gasteiger partial charge in [0.1, 0.15) is 6.54 Å². The van der Waals surface area contributed by atoms with Crippen LogP contribution in [0.2, 0.25) is 0 Å². The quantitative estimate of drug-likeness (QED) is 0.484. The van der Waals surface area contributed by atoms with Gasteiger partial charge in [-0.15, -0.1) is 0 Å². The molecule has 162 valence electrons. The summed E-state index contributed by atoms with van der Waals surface area (Å²) >= 11 is 0. The van der Waals surface area contributed by atoms with Crippen LogP contribution in [-0.2, 0) is 27.8 Å². The van der Waals surface area contributed by atoms with Gasteiger partial charge >= 0.3 is 5.97 Å². The van der Waals surface area contributed by atoms with Gasteiger partial charge < -0.3 is 9.67 Å². The second kappa shape index (κ2) is 7.93. The van der Waals surface area contributed by atoms with Crippen LogP contribution in [0.4, 0.5) is 0 Å². The molecule has 0 saturated carbocycles. The van der Waals surface area contributed by atoms with Gasteiger partial charge in [-0.25, -0.2) is 8.42 Å². The summed E-state index contributed by atoms with van der Waals surface area (Å²) in [7, 11) is -3.69. The van der Waals surface area contributed by atoms with Gasteiger partial charge in [0.05, 0.1) is 10.9 Å². The number of sulfonamides is 1. The molecule has 1 unspecified atom stereocenters. The molecular weight excluding hydrogens is 424 g/mol. The Bertz CT molecular complexity index is 1410. The number of hydrogen-bond donors (Lipinski definition) is 1. The Morgan fingerprint density at radius 1 is 0.875 bits per heavy atom. The van der Waals surface area contributed by atoms with E-state index in [-0.39, 0.29) is 6.54 Å². The summed E-state index contributed by atoms with van der Waals surface area (Å²) in [6, 6.07) is 23.9. The third-order valence-electron chi connectivity index (χ3n) is 5.97. The zero-order chi connectivity index (χ0) is 22.3. The van der Waals surface area contributed by atoms with Crippen molar-refractivity contribution in [2.45, 2.75) is 23.9 Å². The average Bonchev–Trinajstić information content (AvgIpc) is 3.25. The van der Waals surface area contributed by atoms with Crippen LogP contribution in [0.15, 0.2) is 90.0 Å². The highest BCUT2D eigenvalue weighted by molar-refractivity contribution is 7.89.